The maximum Gasteiger partial charge on any atom is 0.315 e. The number of nitrogens with zero attached hydrogens (tertiary/aromatic N) is 8. The van der Waals surface area contributed by atoms with E-state index >= 15 is 0 Å². The summed E-state index contributed by atoms with van der Waals surface area (Å²) in [4.78, 5) is 66.2. The number of anilines is 2. The molecule has 0 radical (unpaired) electrons. The first-order valence-corrected chi connectivity index (χ1v) is 22.6. The lowest BCUT2D eigenvalue weighted by Crippen LogP contribution is -2.47. The Kier molecular flexibility index (Phi) is 12.0. The number of piperidine rings is 2. The number of nitrogens with one attached hydrogen (secondary N) is 3. The van der Waals surface area contributed by atoms with Gasteiger partial charge in [-0.3, -0.25) is 24.6 Å². The Morgan fingerprint density at radius 2 is 1.66 bits per heavy atom. The molecule has 1 unspecified atom stereocenters. The number of aromatic nitrogens is 6. The molecule has 0 spiro atoms. The van der Waals surface area contributed by atoms with Gasteiger partial charge in [0, 0.05) is 85.2 Å². The summed E-state index contributed by atoms with van der Waals surface area (Å²) < 4.78 is 5.25. The molecule has 2 atom stereocenters. The molecule has 2 aromatic carbocycles. The molecule has 64 heavy (non-hydrogen) atoms. The molecule has 3 N–H and O–H groups in total. The topological polar surface area (TPSA) is 178 Å². The van der Waals surface area contributed by atoms with Crippen molar-refractivity contribution in [1.29, 1.82) is 0 Å². The molecule has 9 rings (SSSR count). The first kappa shape index (κ1) is 42.8. The van der Waals surface area contributed by atoms with Crippen LogP contribution < -0.4 is 20.4 Å². The quantitative estimate of drug-likeness (QED) is 0.113. The van der Waals surface area contributed by atoms with Gasteiger partial charge in [0.05, 0.1) is 17.7 Å². The number of piperazine rings is 1. The second kappa shape index (κ2) is 17.9. The molecule has 15 nitrogen and oxygen atoms in total. The third-order valence-electron chi connectivity index (χ3n) is 13.2. The summed E-state index contributed by atoms with van der Waals surface area (Å²) in [6, 6.07) is 20.6. The lowest BCUT2D eigenvalue weighted by molar-refractivity contribution is -0.134. The van der Waals surface area contributed by atoms with Crippen molar-refractivity contribution < 1.29 is 18.9 Å². The van der Waals surface area contributed by atoms with Gasteiger partial charge in [-0.05, 0) is 105 Å². The van der Waals surface area contributed by atoms with Crippen molar-refractivity contribution in [2.75, 3.05) is 55.6 Å². The van der Waals surface area contributed by atoms with E-state index in [0.717, 1.165) is 108 Å². The minimum atomic E-state index is -0.409. The third-order valence-corrected chi connectivity index (χ3v) is 13.2. The summed E-state index contributed by atoms with van der Waals surface area (Å²) in [5, 5.41) is 10.4. The maximum atomic E-state index is 12.9. The Balaban J connectivity index is 0.750. The van der Waals surface area contributed by atoms with Crippen LogP contribution in [0, 0.1) is 12.8 Å². The van der Waals surface area contributed by atoms with Gasteiger partial charge in [0.15, 0.2) is 5.82 Å². The van der Waals surface area contributed by atoms with Crippen molar-refractivity contribution in [3.63, 3.8) is 0 Å². The molecule has 0 saturated carbocycles. The summed E-state index contributed by atoms with van der Waals surface area (Å²) >= 11 is 0. The standard InChI is InChI=1S/C49H57N11O4/c1-30-26-34(8-12-37(30)31(2)53-46(63)47-56-48(57-64-47)49(3,4)5)43-39-27-40(54-44(39)52-29-51-43)35-9-14-41(50-28-35)60-24-22-58(23-25-60)19-16-32-17-20-59(21-18-32)36-10-6-33(7-11-36)38-13-15-42(61)55-45(38)62/h6-12,14,26-29,31-32,38H,13,15-25H2,1-5H3,(H,53,63)(H,51,52,54)(H,55,61,62)/t31-,38?/m1/s1. The zero-order chi connectivity index (χ0) is 44.5. The molecule has 3 aliphatic heterocycles. The van der Waals surface area contributed by atoms with Crippen molar-refractivity contribution in [3.8, 4) is 22.5 Å². The van der Waals surface area contributed by atoms with Crippen molar-refractivity contribution in [2.45, 2.75) is 84.1 Å². The number of aromatic amines is 1. The second-order valence-electron chi connectivity index (χ2n) is 18.7. The SMILES string of the molecule is Cc1cc(-c2ncnc3[nH]c(-c4ccc(N5CCN(CCC6CCN(c7ccc(C8CCC(=O)NC8=O)cc7)CC6)CC5)nc4)cc23)ccc1[C@@H](C)NC(=O)c1nc(C(C)(C)C)no1. The van der Waals surface area contributed by atoms with E-state index in [4.69, 9.17) is 14.5 Å². The zero-order valence-electron chi connectivity index (χ0n) is 37.4. The van der Waals surface area contributed by atoms with Crippen LogP contribution >= 0.6 is 0 Å². The van der Waals surface area contributed by atoms with Crippen LogP contribution in [0.15, 0.2) is 77.7 Å². The monoisotopic (exact) mass is 863 g/mol. The Labute approximate surface area is 373 Å². The molecule has 0 aliphatic carbocycles. The average molecular weight is 864 g/mol. The van der Waals surface area contributed by atoms with Crippen LogP contribution in [0.2, 0.25) is 0 Å². The Bertz CT molecular complexity index is 2630. The molecule has 332 valence electrons. The number of fused-ring (bicyclic) bond motifs is 1. The van der Waals surface area contributed by atoms with Crippen LogP contribution in [-0.4, -0.2) is 98.5 Å². The average Bonchev–Trinajstić information content (AvgIpc) is 3.99. The molecule has 3 saturated heterocycles. The van der Waals surface area contributed by atoms with Gasteiger partial charge in [0.25, 0.3) is 0 Å². The van der Waals surface area contributed by atoms with Crippen LogP contribution in [0.4, 0.5) is 11.5 Å². The highest BCUT2D eigenvalue weighted by Crippen LogP contribution is 2.33. The minimum absolute atomic E-state index is 0.0482. The molecule has 4 aromatic heterocycles. The molecule has 3 aliphatic rings. The van der Waals surface area contributed by atoms with Crippen molar-refractivity contribution in [3.05, 3.63) is 102 Å². The number of benzene rings is 2. The molecule has 7 heterocycles. The lowest BCUT2D eigenvalue weighted by atomic mass is 9.90. The highest BCUT2D eigenvalue weighted by Gasteiger charge is 2.29. The van der Waals surface area contributed by atoms with Gasteiger partial charge in [-0.15, -0.1) is 0 Å². The number of hydrogen-bond acceptors (Lipinski definition) is 12. The second-order valence-corrected chi connectivity index (χ2v) is 18.7. The number of pyridine rings is 1. The largest absolute Gasteiger partial charge is 0.372 e. The van der Waals surface area contributed by atoms with Crippen LogP contribution in [-0.2, 0) is 15.0 Å². The number of carbonyl (C=O) groups excluding carboxylic acids is 3. The van der Waals surface area contributed by atoms with Gasteiger partial charge in [0.2, 0.25) is 11.8 Å². The van der Waals surface area contributed by atoms with E-state index in [2.05, 4.69) is 94.0 Å². The van der Waals surface area contributed by atoms with Gasteiger partial charge in [-0.2, -0.15) is 4.98 Å². The Hall–Kier alpha value is -6.48. The van der Waals surface area contributed by atoms with Crippen LogP contribution in [0.25, 0.3) is 33.5 Å². The van der Waals surface area contributed by atoms with Gasteiger partial charge < -0.3 is 24.6 Å². The summed E-state index contributed by atoms with van der Waals surface area (Å²) in [5.74, 6) is 1.15. The first-order chi connectivity index (χ1) is 30.9. The van der Waals surface area contributed by atoms with E-state index in [9.17, 15) is 14.4 Å². The predicted octanol–water partition coefficient (Wildman–Crippen LogP) is 7.12. The first-order valence-electron chi connectivity index (χ1n) is 22.6. The fourth-order valence-electron chi connectivity index (χ4n) is 9.30. The molecule has 6 aromatic rings. The van der Waals surface area contributed by atoms with E-state index in [-0.39, 0.29) is 35.1 Å². The molecule has 0 bridgehead atoms. The number of aryl methyl sites for hydroxylation is 1. The summed E-state index contributed by atoms with van der Waals surface area (Å²) in [6.07, 6.45) is 8.09. The molecular weight excluding hydrogens is 807 g/mol. The molecule has 15 heteroatoms. The minimum Gasteiger partial charge on any atom is -0.372 e. The normalized spacial score (nSPS) is 18.4. The number of amides is 3. The number of hydrogen-bond donors (Lipinski definition) is 3. The summed E-state index contributed by atoms with van der Waals surface area (Å²) in [6.45, 7) is 17.0. The van der Waals surface area contributed by atoms with Gasteiger partial charge >= 0.3 is 11.8 Å². The molecule has 3 fully saturated rings. The number of rotatable bonds is 11. The van der Waals surface area contributed by atoms with E-state index in [0.29, 0.717) is 18.7 Å². The number of H-pyrrole nitrogens is 1. The summed E-state index contributed by atoms with van der Waals surface area (Å²) in [7, 11) is 0. The number of carbonyl (C=O) groups is 3. The summed E-state index contributed by atoms with van der Waals surface area (Å²) in [5.41, 5.74) is 8.29. The lowest BCUT2D eigenvalue weighted by Gasteiger charge is -2.37. The third kappa shape index (κ3) is 9.26. The van der Waals surface area contributed by atoms with Crippen molar-refractivity contribution in [1.82, 2.24) is 45.6 Å². The van der Waals surface area contributed by atoms with E-state index < -0.39 is 5.91 Å². The van der Waals surface area contributed by atoms with Crippen LogP contribution in [0.3, 0.4) is 0 Å². The van der Waals surface area contributed by atoms with E-state index in [1.165, 1.54) is 24.9 Å². The highest BCUT2D eigenvalue weighted by atomic mass is 16.5. The highest BCUT2D eigenvalue weighted by molar-refractivity contribution is 6.01. The van der Waals surface area contributed by atoms with Crippen LogP contribution in [0.1, 0.15) is 105 Å². The fraction of sp³-hybridized carbons (Fsp3) is 0.429. The van der Waals surface area contributed by atoms with Gasteiger partial charge in [-0.1, -0.05) is 50.2 Å². The molecule has 3 amide bonds. The smallest absolute Gasteiger partial charge is 0.315 e. The van der Waals surface area contributed by atoms with Crippen molar-refractivity contribution in [2.24, 2.45) is 5.92 Å². The van der Waals surface area contributed by atoms with Gasteiger partial charge in [-0.25, -0.2) is 15.0 Å². The Morgan fingerprint density at radius 3 is 2.34 bits per heavy atom. The van der Waals surface area contributed by atoms with Gasteiger partial charge in [0.1, 0.15) is 17.8 Å². The zero-order valence-corrected chi connectivity index (χ0v) is 37.4. The van der Waals surface area contributed by atoms with E-state index in [1.54, 1.807) is 6.33 Å². The fourth-order valence-corrected chi connectivity index (χ4v) is 9.30. The maximum absolute atomic E-state index is 12.9. The molecular formula is C49H57N11O4. The number of imide groups is 1. The Morgan fingerprint density at radius 1 is 0.891 bits per heavy atom. The van der Waals surface area contributed by atoms with E-state index in [1.807, 2.05) is 52.9 Å². The van der Waals surface area contributed by atoms with Crippen molar-refractivity contribution >= 4 is 40.3 Å². The van der Waals surface area contributed by atoms with Crippen LogP contribution in [0.5, 0.6) is 0 Å². The predicted molar refractivity (Wildman–Crippen MR) is 246 cm³/mol.